The maximum absolute atomic E-state index is 12.9. The summed E-state index contributed by atoms with van der Waals surface area (Å²) in [5, 5.41) is 18.8. The van der Waals surface area contributed by atoms with Crippen molar-refractivity contribution in [2.45, 2.75) is 46.4 Å². The van der Waals surface area contributed by atoms with Gasteiger partial charge in [0.15, 0.2) is 0 Å². The predicted octanol–water partition coefficient (Wildman–Crippen LogP) is 4.37. The first-order valence-electron chi connectivity index (χ1n) is 9.96. The second kappa shape index (κ2) is 9.83. The molecule has 1 aliphatic rings. The van der Waals surface area contributed by atoms with Crippen LogP contribution < -0.4 is 0 Å². The maximum atomic E-state index is 12.9. The summed E-state index contributed by atoms with van der Waals surface area (Å²) in [6.45, 7) is 6.03. The highest BCUT2D eigenvalue weighted by Crippen LogP contribution is 2.35. The molecular weight excluding hydrogens is 416 g/mol. The van der Waals surface area contributed by atoms with Crippen molar-refractivity contribution < 1.29 is 15.0 Å². The average Bonchev–Trinajstić information content (AvgIpc) is 3.05. The lowest BCUT2D eigenvalue weighted by Crippen LogP contribution is -2.40. The van der Waals surface area contributed by atoms with E-state index in [0.29, 0.717) is 26.3 Å². The number of hydrogen-bond donors (Lipinski definition) is 2. The fourth-order valence-corrected chi connectivity index (χ4v) is 4.76. The fraction of sp³-hybridized carbons (Fsp3) is 0.348. The normalized spacial score (nSPS) is 17.6. The Bertz CT molecular complexity index is 973. The maximum Gasteiger partial charge on any atom is 0.266 e. The van der Waals surface area contributed by atoms with E-state index in [1.54, 1.807) is 17.2 Å². The largest absolute Gasteiger partial charge is 0.392 e. The topological polar surface area (TPSA) is 73.7 Å². The molecule has 7 heteroatoms. The van der Waals surface area contributed by atoms with Gasteiger partial charge in [-0.1, -0.05) is 62.4 Å². The number of nitrogens with zero attached hydrogens (tertiary/aromatic N) is 2. The van der Waals surface area contributed by atoms with E-state index in [1.807, 2.05) is 37.3 Å². The van der Waals surface area contributed by atoms with Gasteiger partial charge in [-0.3, -0.25) is 14.7 Å². The van der Waals surface area contributed by atoms with Crippen molar-refractivity contribution in [2.75, 3.05) is 0 Å². The lowest BCUT2D eigenvalue weighted by molar-refractivity contribution is -0.124. The highest BCUT2D eigenvalue weighted by atomic mass is 32.2. The molecule has 1 aromatic heterocycles. The zero-order valence-electron chi connectivity index (χ0n) is 17.3. The first-order chi connectivity index (χ1) is 14.4. The lowest BCUT2D eigenvalue weighted by atomic mass is 9.99. The van der Waals surface area contributed by atoms with Gasteiger partial charge in [-0.25, -0.2) is 0 Å². The van der Waals surface area contributed by atoms with Crippen LogP contribution in [0.3, 0.4) is 0 Å². The van der Waals surface area contributed by atoms with Gasteiger partial charge in [0.05, 0.1) is 23.8 Å². The van der Waals surface area contributed by atoms with Crippen molar-refractivity contribution in [3.63, 3.8) is 0 Å². The molecule has 2 N–H and O–H groups in total. The number of aromatic nitrogens is 1. The molecule has 1 aromatic carbocycles. The van der Waals surface area contributed by atoms with E-state index in [2.05, 4.69) is 18.8 Å². The lowest BCUT2D eigenvalue weighted by Gasteiger charge is -2.27. The van der Waals surface area contributed by atoms with Crippen LogP contribution in [0.15, 0.2) is 41.4 Å². The van der Waals surface area contributed by atoms with Crippen molar-refractivity contribution in [3.8, 4) is 11.3 Å². The number of carbonyl (C=O) groups excluding carboxylic acids is 1. The van der Waals surface area contributed by atoms with Crippen LogP contribution in [-0.4, -0.2) is 36.4 Å². The molecule has 2 atom stereocenters. The van der Waals surface area contributed by atoms with Crippen molar-refractivity contribution in [1.29, 1.82) is 0 Å². The molecular formula is C23H26N2O3S2. The summed E-state index contributed by atoms with van der Waals surface area (Å²) < 4.78 is 0.601. The fourth-order valence-electron chi connectivity index (χ4n) is 3.33. The van der Waals surface area contributed by atoms with Gasteiger partial charge >= 0.3 is 0 Å². The molecule has 30 heavy (non-hydrogen) atoms. The molecule has 0 radical (unpaired) electrons. The Hall–Kier alpha value is -2.06. The van der Waals surface area contributed by atoms with Crippen molar-refractivity contribution >= 4 is 40.3 Å². The molecule has 1 fully saturated rings. The highest BCUT2D eigenvalue weighted by molar-refractivity contribution is 8.26. The van der Waals surface area contributed by atoms with Crippen LogP contribution in [0.25, 0.3) is 17.3 Å². The Morgan fingerprint density at radius 2 is 1.90 bits per heavy atom. The summed E-state index contributed by atoms with van der Waals surface area (Å²) in [5.74, 6) is 0.322. The minimum absolute atomic E-state index is 0.0472. The average molecular weight is 443 g/mol. The van der Waals surface area contributed by atoms with Crippen LogP contribution >= 0.6 is 24.0 Å². The van der Waals surface area contributed by atoms with Gasteiger partial charge in [-0.05, 0) is 47.7 Å². The van der Waals surface area contributed by atoms with E-state index in [1.165, 1.54) is 11.8 Å². The van der Waals surface area contributed by atoms with Gasteiger partial charge < -0.3 is 10.2 Å². The van der Waals surface area contributed by atoms with Crippen LogP contribution in [0.2, 0.25) is 0 Å². The number of thiocarbonyl (C=S) groups is 1. The van der Waals surface area contributed by atoms with Crippen LogP contribution in [0, 0.1) is 5.92 Å². The van der Waals surface area contributed by atoms with E-state index in [9.17, 15) is 15.0 Å². The number of pyridine rings is 1. The molecule has 1 aliphatic heterocycles. The second-order valence-corrected chi connectivity index (χ2v) is 9.13. The number of hydrogen-bond acceptors (Lipinski definition) is 6. The third-order valence-electron chi connectivity index (χ3n) is 5.63. The molecule has 2 heterocycles. The van der Waals surface area contributed by atoms with E-state index < -0.39 is 0 Å². The third kappa shape index (κ3) is 4.64. The number of aliphatic hydroxyl groups excluding tert-OH is 2. The first-order valence-corrected chi connectivity index (χ1v) is 11.2. The number of thioether (sulfide) groups is 1. The summed E-state index contributed by atoms with van der Waals surface area (Å²) in [7, 11) is 0. The van der Waals surface area contributed by atoms with E-state index >= 15 is 0 Å². The molecule has 0 spiro atoms. The number of carbonyl (C=O) groups is 1. The summed E-state index contributed by atoms with van der Waals surface area (Å²) >= 11 is 6.79. The SMILES string of the molecule is CC[C@H](C)[C@@H](C)N1C(=O)/C(=C/c2ccc(-c3ccc(CO)c(CO)c3)nc2)SC1=S. The number of aliphatic hydroxyl groups is 2. The van der Waals surface area contributed by atoms with Gasteiger partial charge in [-0.2, -0.15) is 0 Å². The van der Waals surface area contributed by atoms with Gasteiger partial charge in [-0.15, -0.1) is 0 Å². The number of amides is 1. The summed E-state index contributed by atoms with van der Waals surface area (Å²) in [4.78, 5) is 19.7. The summed E-state index contributed by atoms with van der Waals surface area (Å²) in [5.41, 5.74) is 3.82. The zero-order valence-corrected chi connectivity index (χ0v) is 19.0. The van der Waals surface area contributed by atoms with Crippen molar-refractivity contribution in [1.82, 2.24) is 9.88 Å². The summed E-state index contributed by atoms with van der Waals surface area (Å²) in [6.07, 6.45) is 4.53. The first kappa shape index (κ1) is 22.6. The molecule has 0 bridgehead atoms. The van der Waals surface area contributed by atoms with E-state index in [0.717, 1.165) is 23.2 Å². The summed E-state index contributed by atoms with van der Waals surface area (Å²) in [6, 6.07) is 9.34. The standard InChI is InChI=1S/C23H26N2O3S2/c1-4-14(2)15(3)25-22(28)21(30-23(25)29)9-16-5-8-20(24-11-16)17-6-7-18(12-26)19(10-17)13-27/h5-11,14-15,26-27H,4,12-13H2,1-3H3/b21-9-/t14-,15+/m0/s1. The molecule has 0 aliphatic carbocycles. The molecule has 5 nitrogen and oxygen atoms in total. The van der Waals surface area contributed by atoms with Crippen LogP contribution in [-0.2, 0) is 18.0 Å². The second-order valence-electron chi connectivity index (χ2n) is 7.45. The van der Waals surface area contributed by atoms with Crippen molar-refractivity contribution in [2.24, 2.45) is 5.92 Å². The molecule has 0 saturated carbocycles. The quantitative estimate of drug-likeness (QED) is 0.490. The minimum Gasteiger partial charge on any atom is -0.392 e. The van der Waals surface area contributed by atoms with Crippen molar-refractivity contribution in [3.05, 3.63) is 58.1 Å². The van der Waals surface area contributed by atoms with E-state index in [-0.39, 0.29) is 25.2 Å². The Balaban J connectivity index is 1.81. The van der Waals surface area contributed by atoms with Gasteiger partial charge in [0.2, 0.25) is 0 Å². The minimum atomic E-state index is -0.140. The molecule has 0 unspecified atom stereocenters. The van der Waals surface area contributed by atoms with Gasteiger partial charge in [0.1, 0.15) is 4.32 Å². The van der Waals surface area contributed by atoms with Gasteiger partial charge in [0, 0.05) is 17.8 Å². The van der Waals surface area contributed by atoms with Crippen LogP contribution in [0.4, 0.5) is 0 Å². The van der Waals surface area contributed by atoms with Gasteiger partial charge in [0.25, 0.3) is 5.91 Å². The van der Waals surface area contributed by atoms with E-state index in [4.69, 9.17) is 12.2 Å². The Morgan fingerprint density at radius 1 is 1.17 bits per heavy atom. The molecule has 1 saturated heterocycles. The third-order valence-corrected chi connectivity index (χ3v) is 6.96. The van der Waals surface area contributed by atoms with Crippen LogP contribution in [0.5, 0.6) is 0 Å². The smallest absolute Gasteiger partial charge is 0.266 e. The monoisotopic (exact) mass is 442 g/mol. The highest BCUT2D eigenvalue weighted by Gasteiger charge is 2.36. The predicted molar refractivity (Wildman–Crippen MR) is 125 cm³/mol. The molecule has 158 valence electrons. The molecule has 1 amide bonds. The van der Waals surface area contributed by atoms with Crippen LogP contribution in [0.1, 0.15) is 43.9 Å². The number of benzene rings is 1. The molecule has 2 aromatic rings. The number of rotatable bonds is 7. The Morgan fingerprint density at radius 3 is 2.50 bits per heavy atom. The zero-order chi connectivity index (χ0) is 21.8. The molecule has 3 rings (SSSR count). The Labute approximate surface area is 186 Å². The Kier molecular flexibility index (Phi) is 7.41.